The van der Waals surface area contributed by atoms with Gasteiger partial charge in [-0.05, 0) is 42.7 Å². The van der Waals surface area contributed by atoms with Crippen LogP contribution in [0.4, 0.5) is 20.2 Å². The highest BCUT2D eigenvalue weighted by Gasteiger charge is 2.08. The highest BCUT2D eigenvalue weighted by atomic mass is 19.1. The van der Waals surface area contributed by atoms with Crippen LogP contribution in [0.2, 0.25) is 0 Å². The van der Waals surface area contributed by atoms with Gasteiger partial charge in [0.15, 0.2) is 0 Å². The number of hydrogen-bond donors (Lipinski definition) is 1. The van der Waals surface area contributed by atoms with Crippen molar-refractivity contribution < 1.29 is 13.7 Å². The van der Waals surface area contributed by atoms with E-state index >= 15 is 0 Å². The number of rotatable bonds is 5. The van der Waals surface area contributed by atoms with Crippen molar-refractivity contribution in [1.82, 2.24) is 0 Å². The van der Waals surface area contributed by atoms with Crippen molar-refractivity contribution in [3.05, 3.63) is 69.3 Å². The molecule has 2 aromatic rings. The largest absolute Gasteiger partial charge is 0.385 e. The van der Waals surface area contributed by atoms with Crippen LogP contribution in [0.5, 0.6) is 0 Å². The van der Waals surface area contributed by atoms with Crippen molar-refractivity contribution in [1.29, 1.82) is 0 Å². The average molecular weight is 292 g/mol. The van der Waals surface area contributed by atoms with Crippen molar-refractivity contribution in [2.45, 2.75) is 13.3 Å². The van der Waals surface area contributed by atoms with E-state index in [4.69, 9.17) is 0 Å². The number of non-ortho nitro benzene ring substituents is 1. The molecule has 0 spiro atoms. The number of hydrogen-bond acceptors (Lipinski definition) is 3. The lowest BCUT2D eigenvalue weighted by molar-refractivity contribution is -0.384. The first-order valence-corrected chi connectivity index (χ1v) is 6.39. The summed E-state index contributed by atoms with van der Waals surface area (Å²) in [6, 6.07) is 8.04. The Labute approximate surface area is 120 Å². The summed E-state index contributed by atoms with van der Waals surface area (Å²) >= 11 is 0. The zero-order chi connectivity index (χ0) is 15.4. The molecule has 0 saturated carbocycles. The molecule has 2 aromatic carbocycles. The molecule has 0 atom stereocenters. The van der Waals surface area contributed by atoms with Crippen LogP contribution in [0.3, 0.4) is 0 Å². The molecule has 0 saturated heterocycles. The third kappa shape index (κ3) is 4.24. The Bertz CT molecular complexity index is 654. The maximum atomic E-state index is 13.0. The third-order valence-electron chi connectivity index (χ3n) is 2.94. The molecule has 0 amide bonds. The molecule has 6 heteroatoms. The number of nitrogens with zero attached hydrogens (tertiary/aromatic N) is 1. The van der Waals surface area contributed by atoms with E-state index in [-0.39, 0.29) is 5.69 Å². The van der Waals surface area contributed by atoms with Crippen molar-refractivity contribution in [3.8, 4) is 0 Å². The van der Waals surface area contributed by atoms with Gasteiger partial charge in [-0.3, -0.25) is 10.1 Å². The van der Waals surface area contributed by atoms with E-state index in [1.807, 2.05) is 0 Å². The SMILES string of the molecule is Cc1cc(NCCc2cc(F)cc(F)c2)cc([N+](=O)[O-])c1. The zero-order valence-corrected chi connectivity index (χ0v) is 11.4. The summed E-state index contributed by atoms with van der Waals surface area (Å²) in [5.74, 6) is -1.23. The molecule has 110 valence electrons. The molecule has 0 radical (unpaired) electrons. The summed E-state index contributed by atoms with van der Waals surface area (Å²) in [5.41, 5.74) is 1.92. The van der Waals surface area contributed by atoms with Crippen LogP contribution < -0.4 is 5.32 Å². The first-order valence-electron chi connectivity index (χ1n) is 6.39. The molecular weight excluding hydrogens is 278 g/mol. The van der Waals surface area contributed by atoms with E-state index in [0.29, 0.717) is 24.2 Å². The number of anilines is 1. The van der Waals surface area contributed by atoms with Crippen LogP contribution in [0, 0.1) is 28.7 Å². The Hall–Kier alpha value is -2.50. The monoisotopic (exact) mass is 292 g/mol. The third-order valence-corrected chi connectivity index (χ3v) is 2.94. The van der Waals surface area contributed by atoms with E-state index in [1.165, 1.54) is 24.3 Å². The van der Waals surface area contributed by atoms with E-state index in [9.17, 15) is 18.9 Å². The molecule has 0 aliphatic rings. The molecule has 0 bridgehead atoms. The highest BCUT2D eigenvalue weighted by molar-refractivity contribution is 5.53. The summed E-state index contributed by atoms with van der Waals surface area (Å²) in [7, 11) is 0. The highest BCUT2D eigenvalue weighted by Crippen LogP contribution is 2.20. The summed E-state index contributed by atoms with van der Waals surface area (Å²) in [4.78, 5) is 10.3. The topological polar surface area (TPSA) is 55.2 Å². The number of halogens is 2. The van der Waals surface area contributed by atoms with Gasteiger partial charge in [0, 0.05) is 30.4 Å². The Morgan fingerprint density at radius 3 is 2.38 bits per heavy atom. The van der Waals surface area contributed by atoms with Crippen LogP contribution in [-0.2, 0) is 6.42 Å². The first-order chi connectivity index (χ1) is 9.94. The van der Waals surface area contributed by atoms with Gasteiger partial charge in [0.1, 0.15) is 11.6 Å². The Balaban J connectivity index is 2.01. The van der Waals surface area contributed by atoms with Crippen molar-refractivity contribution in [2.24, 2.45) is 0 Å². The van der Waals surface area contributed by atoms with E-state index in [1.54, 1.807) is 13.0 Å². The minimum absolute atomic E-state index is 0.00861. The lowest BCUT2D eigenvalue weighted by Crippen LogP contribution is -2.06. The Kier molecular flexibility index (Phi) is 4.47. The molecule has 0 aliphatic carbocycles. The molecule has 0 heterocycles. The molecule has 4 nitrogen and oxygen atoms in total. The minimum Gasteiger partial charge on any atom is -0.385 e. The van der Waals surface area contributed by atoms with E-state index in [2.05, 4.69) is 5.32 Å². The molecule has 0 fully saturated rings. The summed E-state index contributed by atoms with van der Waals surface area (Å²) < 4.78 is 26.1. The van der Waals surface area contributed by atoms with Crippen LogP contribution in [0.25, 0.3) is 0 Å². The van der Waals surface area contributed by atoms with Gasteiger partial charge in [-0.1, -0.05) is 0 Å². The molecule has 0 aromatic heterocycles. The van der Waals surface area contributed by atoms with Crippen molar-refractivity contribution in [2.75, 3.05) is 11.9 Å². The fourth-order valence-corrected chi connectivity index (χ4v) is 2.08. The van der Waals surface area contributed by atoms with Crippen molar-refractivity contribution >= 4 is 11.4 Å². The molecule has 21 heavy (non-hydrogen) atoms. The van der Waals surface area contributed by atoms with Gasteiger partial charge in [0.25, 0.3) is 5.69 Å². The standard InChI is InChI=1S/C15H14F2N2O2/c1-10-4-14(9-15(5-10)19(20)21)18-3-2-11-6-12(16)8-13(17)7-11/h4-9,18H,2-3H2,1H3. The van der Waals surface area contributed by atoms with Crippen molar-refractivity contribution in [3.63, 3.8) is 0 Å². The second kappa shape index (κ2) is 6.30. The second-order valence-electron chi connectivity index (χ2n) is 4.77. The fourth-order valence-electron chi connectivity index (χ4n) is 2.08. The molecule has 2 rings (SSSR count). The van der Waals surface area contributed by atoms with Gasteiger partial charge in [-0.2, -0.15) is 0 Å². The predicted molar refractivity (Wildman–Crippen MR) is 76.4 cm³/mol. The molecule has 0 aliphatic heterocycles. The maximum absolute atomic E-state index is 13.0. The van der Waals surface area contributed by atoms with Gasteiger partial charge >= 0.3 is 0 Å². The number of benzene rings is 2. The fraction of sp³-hybridized carbons (Fsp3) is 0.200. The van der Waals surface area contributed by atoms with Gasteiger partial charge < -0.3 is 5.32 Å². The quantitative estimate of drug-likeness (QED) is 0.673. The van der Waals surface area contributed by atoms with Crippen LogP contribution in [0.1, 0.15) is 11.1 Å². The molecule has 1 N–H and O–H groups in total. The summed E-state index contributed by atoms with van der Waals surface area (Å²) in [6.07, 6.45) is 0.413. The smallest absolute Gasteiger partial charge is 0.271 e. The van der Waals surface area contributed by atoms with Gasteiger partial charge in [0.05, 0.1) is 4.92 Å². The Morgan fingerprint density at radius 2 is 1.76 bits per heavy atom. The maximum Gasteiger partial charge on any atom is 0.271 e. The molecule has 0 unspecified atom stereocenters. The summed E-state index contributed by atoms with van der Waals surface area (Å²) in [5, 5.41) is 13.8. The van der Waals surface area contributed by atoms with Gasteiger partial charge in [-0.25, -0.2) is 8.78 Å². The zero-order valence-electron chi connectivity index (χ0n) is 11.4. The Morgan fingerprint density at radius 1 is 1.10 bits per heavy atom. The first kappa shape index (κ1) is 14.9. The van der Waals surface area contributed by atoms with E-state index < -0.39 is 16.6 Å². The van der Waals surface area contributed by atoms with Crippen LogP contribution in [0.15, 0.2) is 36.4 Å². The normalized spacial score (nSPS) is 10.4. The number of aryl methyl sites for hydroxylation is 1. The number of nitro benzene ring substituents is 1. The lowest BCUT2D eigenvalue weighted by Gasteiger charge is -2.08. The summed E-state index contributed by atoms with van der Waals surface area (Å²) in [6.45, 7) is 2.18. The van der Waals surface area contributed by atoms with Gasteiger partial charge in [-0.15, -0.1) is 0 Å². The van der Waals surface area contributed by atoms with Crippen LogP contribution in [-0.4, -0.2) is 11.5 Å². The predicted octanol–water partition coefficient (Wildman–Crippen LogP) is 3.84. The van der Waals surface area contributed by atoms with Crippen LogP contribution >= 0.6 is 0 Å². The average Bonchev–Trinajstić information content (AvgIpc) is 2.36. The van der Waals surface area contributed by atoms with Gasteiger partial charge in [0.2, 0.25) is 0 Å². The second-order valence-corrected chi connectivity index (χ2v) is 4.77. The lowest BCUT2D eigenvalue weighted by atomic mass is 10.1. The minimum atomic E-state index is -0.615. The van der Waals surface area contributed by atoms with E-state index in [0.717, 1.165) is 11.6 Å². The molecular formula is C15H14F2N2O2. The number of nitro groups is 1. The number of nitrogens with one attached hydrogen (secondary N) is 1.